The van der Waals surface area contributed by atoms with Crippen LogP contribution >= 0.6 is 15.9 Å². The van der Waals surface area contributed by atoms with Crippen molar-refractivity contribution in [3.63, 3.8) is 0 Å². The van der Waals surface area contributed by atoms with Gasteiger partial charge in [-0.05, 0) is 38.1 Å². The predicted molar refractivity (Wildman–Crippen MR) is 87.2 cm³/mol. The van der Waals surface area contributed by atoms with E-state index >= 15 is 0 Å². The highest BCUT2D eigenvalue weighted by molar-refractivity contribution is 9.10. The lowest BCUT2D eigenvalue weighted by molar-refractivity contribution is 0.0759. The first-order valence-electron chi connectivity index (χ1n) is 7.35. The average molecular weight is 364 g/mol. The summed E-state index contributed by atoms with van der Waals surface area (Å²) >= 11 is 3.45. The molecule has 7 heteroatoms. The smallest absolute Gasteiger partial charge is 0.276 e. The van der Waals surface area contributed by atoms with Crippen molar-refractivity contribution < 1.29 is 4.79 Å². The Hall–Kier alpha value is -1.73. The molecule has 0 aliphatic carbocycles. The normalized spacial score (nSPS) is 15.6. The number of amides is 1. The molecular formula is C15H18BrN5O. The Morgan fingerprint density at radius 2 is 2.18 bits per heavy atom. The molecule has 22 heavy (non-hydrogen) atoms. The number of nitrogens with one attached hydrogen (secondary N) is 1. The lowest BCUT2D eigenvalue weighted by atomic mass is 10.2. The molecule has 1 N–H and O–H groups in total. The van der Waals surface area contributed by atoms with Crippen molar-refractivity contribution in [1.82, 2.24) is 25.2 Å². The quantitative estimate of drug-likeness (QED) is 0.883. The van der Waals surface area contributed by atoms with E-state index in [1.54, 1.807) is 4.68 Å². The van der Waals surface area contributed by atoms with Gasteiger partial charge in [-0.15, -0.1) is 5.10 Å². The molecule has 1 aliphatic rings. The summed E-state index contributed by atoms with van der Waals surface area (Å²) in [6, 6.07) is 7.77. The second kappa shape index (κ2) is 6.58. The third-order valence-corrected chi connectivity index (χ3v) is 4.27. The third kappa shape index (κ3) is 3.05. The first-order valence-corrected chi connectivity index (χ1v) is 8.14. The molecule has 0 atom stereocenters. The zero-order chi connectivity index (χ0) is 15.5. The fraction of sp³-hybridized carbons (Fsp3) is 0.400. The molecule has 1 aromatic heterocycles. The molecule has 1 fully saturated rings. The molecule has 0 saturated carbocycles. The van der Waals surface area contributed by atoms with E-state index in [0.717, 1.165) is 41.9 Å². The van der Waals surface area contributed by atoms with Gasteiger partial charge in [0.15, 0.2) is 5.69 Å². The van der Waals surface area contributed by atoms with Gasteiger partial charge in [0, 0.05) is 24.1 Å². The van der Waals surface area contributed by atoms with Gasteiger partial charge in [-0.25, -0.2) is 4.68 Å². The summed E-state index contributed by atoms with van der Waals surface area (Å²) in [5.74, 6) is -0.0394. The molecule has 1 aromatic carbocycles. The zero-order valence-corrected chi connectivity index (χ0v) is 14.0. The number of carbonyl (C=O) groups excluding carboxylic acids is 1. The van der Waals surface area contributed by atoms with Crippen LogP contribution in [0.3, 0.4) is 0 Å². The van der Waals surface area contributed by atoms with E-state index in [2.05, 4.69) is 31.6 Å². The summed E-state index contributed by atoms with van der Waals surface area (Å²) in [5, 5.41) is 11.6. The molecule has 2 aromatic rings. The van der Waals surface area contributed by atoms with Crippen LogP contribution in [0, 0.1) is 6.92 Å². The summed E-state index contributed by atoms with van der Waals surface area (Å²) < 4.78 is 2.67. The van der Waals surface area contributed by atoms with Crippen LogP contribution in [0.15, 0.2) is 28.7 Å². The van der Waals surface area contributed by atoms with E-state index in [1.807, 2.05) is 36.1 Å². The van der Waals surface area contributed by atoms with Crippen LogP contribution in [-0.2, 0) is 0 Å². The van der Waals surface area contributed by atoms with Crippen LogP contribution in [0.5, 0.6) is 0 Å². The minimum Gasteiger partial charge on any atom is -0.336 e. The number of hydrogen-bond acceptors (Lipinski definition) is 4. The molecule has 0 unspecified atom stereocenters. The van der Waals surface area contributed by atoms with E-state index in [0.29, 0.717) is 12.2 Å². The first kappa shape index (κ1) is 15.2. The van der Waals surface area contributed by atoms with Crippen molar-refractivity contribution in [2.45, 2.75) is 13.3 Å². The molecule has 1 aliphatic heterocycles. The van der Waals surface area contributed by atoms with Gasteiger partial charge in [0.1, 0.15) is 0 Å². The van der Waals surface area contributed by atoms with E-state index in [-0.39, 0.29) is 5.91 Å². The molecule has 116 valence electrons. The highest BCUT2D eigenvalue weighted by Crippen LogP contribution is 2.18. The lowest BCUT2D eigenvalue weighted by Crippen LogP contribution is -2.34. The number of hydrogen-bond donors (Lipinski definition) is 1. The Bertz CT molecular complexity index is 676. The maximum Gasteiger partial charge on any atom is 0.276 e. The Labute approximate surface area is 137 Å². The van der Waals surface area contributed by atoms with Gasteiger partial charge in [0.05, 0.1) is 11.4 Å². The topological polar surface area (TPSA) is 63.1 Å². The minimum absolute atomic E-state index is 0.0394. The van der Waals surface area contributed by atoms with E-state index in [4.69, 9.17) is 0 Å². The van der Waals surface area contributed by atoms with Gasteiger partial charge in [-0.1, -0.05) is 27.2 Å². The van der Waals surface area contributed by atoms with Crippen molar-refractivity contribution in [3.05, 3.63) is 40.1 Å². The molecular weight excluding hydrogens is 346 g/mol. The van der Waals surface area contributed by atoms with Gasteiger partial charge in [-0.2, -0.15) is 0 Å². The van der Waals surface area contributed by atoms with Crippen molar-refractivity contribution in [3.8, 4) is 5.69 Å². The molecule has 2 heterocycles. The van der Waals surface area contributed by atoms with Gasteiger partial charge in [-0.3, -0.25) is 4.79 Å². The first-order chi connectivity index (χ1) is 10.7. The number of nitrogens with zero attached hydrogens (tertiary/aromatic N) is 4. The highest BCUT2D eigenvalue weighted by Gasteiger charge is 2.23. The van der Waals surface area contributed by atoms with Gasteiger partial charge in [0.2, 0.25) is 0 Å². The second-order valence-corrected chi connectivity index (χ2v) is 6.23. The Kier molecular flexibility index (Phi) is 4.54. The van der Waals surface area contributed by atoms with Crippen LogP contribution in [-0.4, -0.2) is 52.0 Å². The number of carbonyl (C=O) groups is 1. The Morgan fingerprint density at radius 3 is 3.00 bits per heavy atom. The predicted octanol–water partition coefficient (Wildman–Crippen LogP) is 1.77. The monoisotopic (exact) mass is 363 g/mol. The van der Waals surface area contributed by atoms with Crippen LogP contribution in [0.2, 0.25) is 0 Å². The zero-order valence-electron chi connectivity index (χ0n) is 12.4. The molecule has 1 saturated heterocycles. The van der Waals surface area contributed by atoms with E-state index in [1.165, 1.54) is 0 Å². The van der Waals surface area contributed by atoms with Gasteiger partial charge >= 0.3 is 0 Å². The minimum atomic E-state index is -0.0394. The van der Waals surface area contributed by atoms with Crippen molar-refractivity contribution in [1.29, 1.82) is 0 Å². The standard InChI is InChI=1S/C15H18BrN5O/c1-11-14(15(22)20-8-3-6-17-7-9-20)18-19-21(11)13-5-2-4-12(16)10-13/h2,4-5,10,17H,3,6-9H2,1H3. The maximum atomic E-state index is 12.7. The molecule has 0 radical (unpaired) electrons. The van der Waals surface area contributed by atoms with Crippen molar-refractivity contribution >= 4 is 21.8 Å². The Morgan fingerprint density at radius 1 is 1.32 bits per heavy atom. The third-order valence-electron chi connectivity index (χ3n) is 3.78. The van der Waals surface area contributed by atoms with E-state index < -0.39 is 0 Å². The molecule has 6 nitrogen and oxygen atoms in total. The summed E-state index contributed by atoms with van der Waals surface area (Å²) in [6.45, 7) is 5.12. The fourth-order valence-electron chi connectivity index (χ4n) is 2.58. The molecule has 0 bridgehead atoms. The maximum absolute atomic E-state index is 12.7. The van der Waals surface area contributed by atoms with Gasteiger partial charge < -0.3 is 10.2 Å². The number of aromatic nitrogens is 3. The molecule has 0 spiro atoms. The number of halogens is 1. The Balaban J connectivity index is 1.88. The van der Waals surface area contributed by atoms with Crippen LogP contribution in [0.1, 0.15) is 22.6 Å². The summed E-state index contributed by atoms with van der Waals surface area (Å²) in [4.78, 5) is 14.5. The van der Waals surface area contributed by atoms with Crippen LogP contribution in [0.4, 0.5) is 0 Å². The van der Waals surface area contributed by atoms with Crippen LogP contribution in [0.25, 0.3) is 5.69 Å². The molecule has 1 amide bonds. The summed E-state index contributed by atoms with van der Waals surface area (Å²) in [5.41, 5.74) is 2.08. The summed E-state index contributed by atoms with van der Waals surface area (Å²) in [6.07, 6.45) is 0.963. The van der Waals surface area contributed by atoms with Crippen molar-refractivity contribution in [2.24, 2.45) is 0 Å². The summed E-state index contributed by atoms with van der Waals surface area (Å²) in [7, 11) is 0. The van der Waals surface area contributed by atoms with E-state index in [9.17, 15) is 4.79 Å². The number of rotatable bonds is 2. The highest BCUT2D eigenvalue weighted by atomic mass is 79.9. The molecule has 3 rings (SSSR count). The fourth-order valence-corrected chi connectivity index (χ4v) is 2.97. The largest absolute Gasteiger partial charge is 0.336 e. The van der Waals surface area contributed by atoms with Crippen molar-refractivity contribution in [2.75, 3.05) is 26.2 Å². The SMILES string of the molecule is Cc1c(C(=O)N2CCCNCC2)nnn1-c1cccc(Br)c1. The number of benzene rings is 1. The van der Waals surface area contributed by atoms with Gasteiger partial charge in [0.25, 0.3) is 5.91 Å². The second-order valence-electron chi connectivity index (χ2n) is 5.31. The average Bonchev–Trinajstić information content (AvgIpc) is 2.73. The van der Waals surface area contributed by atoms with Crippen LogP contribution < -0.4 is 5.32 Å². The lowest BCUT2D eigenvalue weighted by Gasteiger charge is -2.18.